The zero-order valence-electron chi connectivity index (χ0n) is 23.1. The molecule has 41 heavy (non-hydrogen) atoms. The van der Waals surface area contributed by atoms with Gasteiger partial charge >= 0.3 is 6.03 Å². The molecule has 0 bridgehead atoms. The van der Waals surface area contributed by atoms with Crippen molar-refractivity contribution in [1.29, 1.82) is 0 Å². The summed E-state index contributed by atoms with van der Waals surface area (Å²) in [7, 11) is -3.27. The molecule has 3 heterocycles. The number of urea groups is 1. The molecule has 216 valence electrons. The monoisotopic (exact) mass is 576 g/mol. The number of nitrogens with zero attached hydrogens (tertiary/aromatic N) is 4. The molecule has 3 aliphatic rings. The van der Waals surface area contributed by atoms with Gasteiger partial charge in [0.05, 0.1) is 41.7 Å². The number of aromatic nitrogens is 2. The van der Waals surface area contributed by atoms with E-state index < -0.39 is 26.9 Å². The molecule has 2 aromatic carbocycles. The number of aliphatic hydroxyl groups is 1. The molecule has 2 aliphatic heterocycles. The van der Waals surface area contributed by atoms with Gasteiger partial charge in [0.15, 0.2) is 9.84 Å². The van der Waals surface area contributed by atoms with Crippen LogP contribution in [-0.4, -0.2) is 75.6 Å². The van der Waals surface area contributed by atoms with E-state index in [4.69, 9.17) is 0 Å². The molecule has 3 fully saturated rings. The van der Waals surface area contributed by atoms with Gasteiger partial charge in [0.2, 0.25) is 0 Å². The van der Waals surface area contributed by atoms with Crippen molar-refractivity contribution in [3.63, 3.8) is 0 Å². The Morgan fingerprint density at radius 1 is 0.976 bits per heavy atom. The molecule has 2 unspecified atom stereocenters. The van der Waals surface area contributed by atoms with E-state index in [9.17, 15) is 23.1 Å². The smallest absolute Gasteiger partial charge is 0.320 e. The number of hydrogen-bond acceptors (Lipinski definition) is 6. The third kappa shape index (κ3) is 5.30. The lowest BCUT2D eigenvalue weighted by Gasteiger charge is -2.53. The highest BCUT2D eigenvalue weighted by Gasteiger charge is 2.56. The summed E-state index contributed by atoms with van der Waals surface area (Å²) in [6.07, 6.45) is 5.25. The molecule has 6 rings (SSSR count). The van der Waals surface area contributed by atoms with Gasteiger partial charge < -0.3 is 14.9 Å². The minimum atomic E-state index is -3.27. The van der Waals surface area contributed by atoms with E-state index in [0.717, 1.165) is 36.8 Å². The predicted molar refractivity (Wildman–Crippen MR) is 156 cm³/mol. The van der Waals surface area contributed by atoms with Crippen molar-refractivity contribution in [3.8, 4) is 11.3 Å². The molecular formula is C31H36N4O5S. The maximum absolute atomic E-state index is 14.0. The summed E-state index contributed by atoms with van der Waals surface area (Å²) in [5.74, 6) is -0.152. The Bertz CT molecular complexity index is 1570. The topological polar surface area (TPSA) is 113 Å². The number of benzene rings is 2. The first kappa shape index (κ1) is 27.7. The van der Waals surface area contributed by atoms with Gasteiger partial charge in [-0.05, 0) is 24.8 Å². The van der Waals surface area contributed by atoms with Crippen LogP contribution in [0.2, 0.25) is 0 Å². The maximum atomic E-state index is 14.0. The molecule has 1 aromatic heterocycles. The summed E-state index contributed by atoms with van der Waals surface area (Å²) in [6, 6.07) is 19.6. The molecule has 9 nitrogen and oxygen atoms in total. The van der Waals surface area contributed by atoms with Crippen LogP contribution in [0.25, 0.3) is 11.3 Å². The van der Waals surface area contributed by atoms with Gasteiger partial charge in [0, 0.05) is 36.7 Å². The van der Waals surface area contributed by atoms with Crippen molar-refractivity contribution in [3.05, 3.63) is 89.0 Å². The number of likely N-dealkylation sites (tertiary alicyclic amines) is 1. The van der Waals surface area contributed by atoms with Crippen LogP contribution >= 0.6 is 0 Å². The van der Waals surface area contributed by atoms with E-state index in [-0.39, 0.29) is 36.2 Å². The highest BCUT2D eigenvalue weighted by molar-refractivity contribution is 7.91. The van der Waals surface area contributed by atoms with Gasteiger partial charge in [-0.25, -0.2) is 18.2 Å². The van der Waals surface area contributed by atoms with E-state index in [0.29, 0.717) is 25.2 Å². The first-order valence-corrected chi connectivity index (χ1v) is 16.2. The quantitative estimate of drug-likeness (QED) is 0.509. The van der Waals surface area contributed by atoms with Crippen LogP contribution in [0, 0.1) is 5.41 Å². The van der Waals surface area contributed by atoms with Crippen LogP contribution in [0.4, 0.5) is 4.79 Å². The molecule has 1 aliphatic carbocycles. The van der Waals surface area contributed by atoms with Crippen LogP contribution in [0.5, 0.6) is 0 Å². The van der Waals surface area contributed by atoms with Crippen molar-refractivity contribution in [2.45, 2.75) is 50.3 Å². The Morgan fingerprint density at radius 3 is 2.34 bits per heavy atom. The van der Waals surface area contributed by atoms with Gasteiger partial charge in [-0.15, -0.1) is 0 Å². The average Bonchev–Trinajstić information content (AvgIpc) is 3.46. The largest absolute Gasteiger partial charge is 0.387 e. The average molecular weight is 577 g/mol. The van der Waals surface area contributed by atoms with Crippen molar-refractivity contribution in [2.24, 2.45) is 5.41 Å². The second-order valence-corrected chi connectivity index (χ2v) is 14.0. The van der Waals surface area contributed by atoms with E-state index in [1.54, 1.807) is 9.80 Å². The summed E-state index contributed by atoms with van der Waals surface area (Å²) in [6.45, 7) is 0.956. The molecule has 1 spiro atoms. The van der Waals surface area contributed by atoms with Crippen LogP contribution in [0.15, 0.2) is 77.9 Å². The number of sulfone groups is 1. The Kier molecular flexibility index (Phi) is 7.23. The standard InChI is InChI=1S/C31H36N4O5S/c36-28-19-26(24-9-3-1-4-10-24)32-23-34(28)22-31(38)15-16-33(21-30(31)13-7-8-14-30)29(37)35-17-18-41(39,40)20-27(35)25-11-5-2-6-12-25/h1-6,9-12,19,23,27,38H,7-8,13-18,20-22H2. The Morgan fingerprint density at radius 2 is 1.66 bits per heavy atom. The molecule has 2 atom stereocenters. The minimum Gasteiger partial charge on any atom is -0.387 e. The number of piperidine rings is 1. The van der Waals surface area contributed by atoms with E-state index in [2.05, 4.69) is 4.98 Å². The van der Waals surface area contributed by atoms with Crippen LogP contribution in [0.3, 0.4) is 0 Å². The van der Waals surface area contributed by atoms with Crippen molar-refractivity contribution in [1.82, 2.24) is 19.4 Å². The minimum absolute atomic E-state index is 0.0557. The second kappa shape index (κ2) is 10.7. The van der Waals surface area contributed by atoms with Crippen molar-refractivity contribution in [2.75, 3.05) is 31.1 Å². The summed E-state index contributed by atoms with van der Waals surface area (Å²) in [4.78, 5) is 35.1. The number of hydrogen-bond donors (Lipinski definition) is 1. The van der Waals surface area contributed by atoms with E-state index in [1.807, 2.05) is 60.7 Å². The summed E-state index contributed by atoms with van der Waals surface area (Å²) < 4.78 is 26.6. The normalized spacial score (nSPS) is 25.3. The van der Waals surface area contributed by atoms with E-state index >= 15 is 0 Å². The highest BCUT2D eigenvalue weighted by Crippen LogP contribution is 2.52. The maximum Gasteiger partial charge on any atom is 0.320 e. The molecule has 0 radical (unpaired) electrons. The third-order valence-corrected chi connectivity index (χ3v) is 11.0. The second-order valence-electron chi connectivity index (χ2n) is 11.8. The summed E-state index contributed by atoms with van der Waals surface area (Å²) >= 11 is 0. The van der Waals surface area contributed by atoms with Crippen molar-refractivity contribution >= 4 is 15.9 Å². The fourth-order valence-corrected chi connectivity index (χ4v) is 8.52. The lowest BCUT2D eigenvalue weighted by molar-refractivity contribution is -0.136. The first-order chi connectivity index (χ1) is 19.7. The predicted octanol–water partition coefficient (Wildman–Crippen LogP) is 3.50. The molecular weight excluding hydrogens is 540 g/mol. The van der Waals surface area contributed by atoms with Crippen LogP contribution in [-0.2, 0) is 16.4 Å². The number of rotatable bonds is 4. The molecule has 2 saturated heterocycles. The zero-order valence-corrected chi connectivity index (χ0v) is 23.9. The highest BCUT2D eigenvalue weighted by atomic mass is 32.2. The first-order valence-electron chi connectivity index (χ1n) is 14.3. The molecule has 1 saturated carbocycles. The fraction of sp³-hybridized carbons (Fsp3) is 0.452. The zero-order chi connectivity index (χ0) is 28.7. The Balaban J connectivity index is 1.24. The van der Waals surface area contributed by atoms with Gasteiger partial charge in [0.1, 0.15) is 0 Å². The Hall–Kier alpha value is -3.50. The molecule has 2 amide bonds. The van der Waals surface area contributed by atoms with Crippen LogP contribution < -0.4 is 5.56 Å². The van der Waals surface area contributed by atoms with Gasteiger partial charge in [-0.1, -0.05) is 73.5 Å². The fourth-order valence-electron chi connectivity index (χ4n) is 7.02. The lowest BCUT2D eigenvalue weighted by atomic mass is 9.66. The van der Waals surface area contributed by atoms with Gasteiger partial charge in [0.25, 0.3) is 5.56 Å². The SMILES string of the molecule is O=C(N1CCC(O)(Cn2cnc(-c3ccccc3)cc2=O)C2(CCCC2)C1)N1CCS(=O)(=O)CC1c1ccccc1. The number of carbonyl (C=O) groups excluding carboxylic acids is 1. The summed E-state index contributed by atoms with van der Waals surface area (Å²) in [5, 5.41) is 12.2. The molecule has 10 heteroatoms. The number of carbonyl (C=O) groups is 1. The van der Waals surface area contributed by atoms with E-state index in [1.165, 1.54) is 17.0 Å². The Labute approximate surface area is 240 Å². The lowest BCUT2D eigenvalue weighted by Crippen LogP contribution is -2.64. The van der Waals surface area contributed by atoms with Gasteiger partial charge in [-0.2, -0.15) is 0 Å². The van der Waals surface area contributed by atoms with Gasteiger partial charge in [-0.3, -0.25) is 9.36 Å². The van der Waals surface area contributed by atoms with Crippen LogP contribution in [0.1, 0.15) is 43.7 Å². The number of amides is 2. The van der Waals surface area contributed by atoms with Crippen molar-refractivity contribution < 1.29 is 18.3 Å². The molecule has 3 aromatic rings. The summed E-state index contributed by atoms with van der Waals surface area (Å²) in [5.41, 5.74) is 0.297. The third-order valence-electron chi connectivity index (χ3n) is 9.35. The molecule has 1 N–H and O–H groups in total.